The van der Waals surface area contributed by atoms with Crippen LogP contribution >= 0.6 is 0 Å². The molecule has 1 aromatic heterocycles. The summed E-state index contributed by atoms with van der Waals surface area (Å²) < 4.78 is 18.5. The first-order valence-corrected chi connectivity index (χ1v) is 8.91. The third kappa shape index (κ3) is 5.07. The number of hydrogen-bond donors (Lipinski definition) is 1. The molecule has 3 aromatic rings. The molecule has 144 valence electrons. The van der Waals surface area contributed by atoms with Crippen molar-refractivity contribution in [3.63, 3.8) is 0 Å². The molecule has 0 saturated carbocycles. The molecule has 0 fully saturated rings. The molecule has 3 rings (SSSR count). The largest absolute Gasteiger partial charge is 0.467 e. The highest BCUT2D eigenvalue weighted by atomic mass is 19.1. The molecule has 0 saturated heterocycles. The monoisotopic (exact) mass is 380 g/mol. The Morgan fingerprint density at radius 3 is 2.25 bits per heavy atom. The SMILES string of the molecule is CNC(=O)c1ccc(CN(Cc2ccco2)C(=O)Cc2ccc(F)cc2)cc1. The second-order valence-electron chi connectivity index (χ2n) is 6.41. The van der Waals surface area contributed by atoms with Gasteiger partial charge in [0.15, 0.2) is 0 Å². The summed E-state index contributed by atoms with van der Waals surface area (Å²) in [4.78, 5) is 26.2. The van der Waals surface area contributed by atoms with Gasteiger partial charge in [-0.2, -0.15) is 0 Å². The number of carbonyl (C=O) groups excluding carboxylic acids is 2. The highest BCUT2D eigenvalue weighted by molar-refractivity contribution is 5.93. The van der Waals surface area contributed by atoms with Gasteiger partial charge in [-0.25, -0.2) is 4.39 Å². The quantitative estimate of drug-likeness (QED) is 0.682. The number of carbonyl (C=O) groups is 2. The molecular weight excluding hydrogens is 359 g/mol. The number of nitrogens with one attached hydrogen (secondary N) is 1. The number of nitrogens with zero attached hydrogens (tertiary/aromatic N) is 1. The van der Waals surface area contributed by atoms with E-state index in [1.807, 2.05) is 18.2 Å². The van der Waals surface area contributed by atoms with Gasteiger partial charge in [0, 0.05) is 19.2 Å². The summed E-state index contributed by atoms with van der Waals surface area (Å²) in [6.45, 7) is 0.693. The highest BCUT2D eigenvalue weighted by Crippen LogP contribution is 2.14. The Hall–Kier alpha value is -3.41. The second-order valence-corrected chi connectivity index (χ2v) is 6.41. The van der Waals surface area contributed by atoms with Gasteiger partial charge in [-0.1, -0.05) is 24.3 Å². The van der Waals surface area contributed by atoms with Gasteiger partial charge in [-0.05, 0) is 47.5 Å². The normalized spacial score (nSPS) is 10.5. The lowest BCUT2D eigenvalue weighted by Gasteiger charge is -2.22. The lowest BCUT2D eigenvalue weighted by Crippen LogP contribution is -2.31. The van der Waals surface area contributed by atoms with E-state index in [1.165, 1.54) is 12.1 Å². The Kier molecular flexibility index (Phi) is 6.22. The molecule has 0 aliphatic carbocycles. The number of furan rings is 1. The Morgan fingerprint density at radius 1 is 0.964 bits per heavy atom. The number of benzene rings is 2. The zero-order valence-corrected chi connectivity index (χ0v) is 15.5. The number of rotatable bonds is 7. The van der Waals surface area contributed by atoms with E-state index in [0.717, 1.165) is 11.1 Å². The van der Waals surface area contributed by atoms with E-state index in [1.54, 1.807) is 48.5 Å². The molecule has 6 heteroatoms. The van der Waals surface area contributed by atoms with Gasteiger partial charge in [0.1, 0.15) is 11.6 Å². The van der Waals surface area contributed by atoms with Crippen LogP contribution in [0.5, 0.6) is 0 Å². The van der Waals surface area contributed by atoms with Crippen LogP contribution in [0.3, 0.4) is 0 Å². The van der Waals surface area contributed by atoms with Crippen molar-refractivity contribution in [1.29, 1.82) is 0 Å². The van der Waals surface area contributed by atoms with Gasteiger partial charge in [0.25, 0.3) is 5.91 Å². The van der Waals surface area contributed by atoms with Gasteiger partial charge in [-0.15, -0.1) is 0 Å². The Labute approximate surface area is 162 Å². The topological polar surface area (TPSA) is 62.6 Å². The van der Waals surface area contributed by atoms with Gasteiger partial charge >= 0.3 is 0 Å². The van der Waals surface area contributed by atoms with Crippen molar-refractivity contribution in [3.05, 3.63) is 95.2 Å². The summed E-state index contributed by atoms with van der Waals surface area (Å²) in [5.74, 6) is 0.0825. The summed E-state index contributed by atoms with van der Waals surface area (Å²) in [6, 6.07) is 16.6. The first-order valence-electron chi connectivity index (χ1n) is 8.91. The molecule has 0 aliphatic heterocycles. The lowest BCUT2D eigenvalue weighted by atomic mass is 10.1. The molecule has 1 N–H and O–H groups in total. The maximum atomic E-state index is 13.1. The van der Waals surface area contributed by atoms with E-state index in [0.29, 0.717) is 24.4 Å². The van der Waals surface area contributed by atoms with E-state index in [2.05, 4.69) is 5.32 Å². The average molecular weight is 380 g/mol. The molecule has 0 atom stereocenters. The zero-order valence-electron chi connectivity index (χ0n) is 15.5. The van der Waals surface area contributed by atoms with Crippen molar-refractivity contribution >= 4 is 11.8 Å². The van der Waals surface area contributed by atoms with Crippen LogP contribution < -0.4 is 5.32 Å². The van der Waals surface area contributed by atoms with Crippen LogP contribution in [-0.2, 0) is 24.3 Å². The van der Waals surface area contributed by atoms with Crippen molar-refractivity contribution in [2.24, 2.45) is 0 Å². The van der Waals surface area contributed by atoms with Crippen molar-refractivity contribution in [2.45, 2.75) is 19.5 Å². The third-order valence-electron chi connectivity index (χ3n) is 4.36. The summed E-state index contributed by atoms with van der Waals surface area (Å²) in [5.41, 5.74) is 2.19. The molecule has 5 nitrogen and oxygen atoms in total. The molecule has 1 heterocycles. The van der Waals surface area contributed by atoms with Crippen molar-refractivity contribution in [1.82, 2.24) is 10.2 Å². The lowest BCUT2D eigenvalue weighted by molar-refractivity contribution is -0.132. The maximum absolute atomic E-state index is 13.1. The van der Waals surface area contributed by atoms with Crippen LogP contribution in [0.25, 0.3) is 0 Å². The Morgan fingerprint density at radius 2 is 1.64 bits per heavy atom. The molecule has 2 amide bonds. The van der Waals surface area contributed by atoms with Gasteiger partial charge in [-0.3, -0.25) is 9.59 Å². The standard InChI is InChI=1S/C22H21FN2O3/c1-24-22(27)18-8-4-17(5-9-18)14-25(15-20-3-2-12-28-20)21(26)13-16-6-10-19(23)11-7-16/h2-12H,13-15H2,1H3,(H,24,27). The average Bonchev–Trinajstić information content (AvgIpc) is 3.22. The minimum absolute atomic E-state index is 0.0987. The van der Waals surface area contributed by atoms with Crippen molar-refractivity contribution in [2.75, 3.05) is 7.05 Å². The molecule has 0 bridgehead atoms. The zero-order chi connectivity index (χ0) is 19.9. The van der Waals surface area contributed by atoms with Crippen LogP contribution in [0, 0.1) is 5.82 Å². The van der Waals surface area contributed by atoms with Gasteiger partial charge in [0.2, 0.25) is 5.91 Å². The van der Waals surface area contributed by atoms with Crippen molar-refractivity contribution in [3.8, 4) is 0 Å². The third-order valence-corrected chi connectivity index (χ3v) is 4.36. The van der Waals surface area contributed by atoms with Gasteiger partial charge < -0.3 is 14.6 Å². The molecule has 0 unspecified atom stereocenters. The molecular formula is C22H21FN2O3. The fourth-order valence-corrected chi connectivity index (χ4v) is 2.84. The molecule has 0 spiro atoms. The fraction of sp³-hybridized carbons (Fsp3) is 0.182. The summed E-state index contributed by atoms with van der Waals surface area (Å²) >= 11 is 0. The first kappa shape index (κ1) is 19.4. The van der Waals surface area contributed by atoms with E-state index in [4.69, 9.17) is 4.42 Å². The molecule has 0 aliphatic rings. The molecule has 0 radical (unpaired) electrons. The van der Waals surface area contributed by atoms with Crippen LogP contribution in [-0.4, -0.2) is 23.8 Å². The van der Waals surface area contributed by atoms with Crippen LogP contribution in [0.2, 0.25) is 0 Å². The summed E-state index contributed by atoms with van der Waals surface area (Å²) in [5, 5.41) is 2.58. The minimum Gasteiger partial charge on any atom is -0.467 e. The van der Waals surface area contributed by atoms with Crippen LogP contribution in [0.15, 0.2) is 71.3 Å². The second kappa shape index (κ2) is 8.99. The van der Waals surface area contributed by atoms with Crippen LogP contribution in [0.4, 0.5) is 4.39 Å². The predicted octanol–water partition coefficient (Wildman–Crippen LogP) is 3.55. The van der Waals surface area contributed by atoms with Crippen molar-refractivity contribution < 1.29 is 18.4 Å². The van der Waals surface area contributed by atoms with E-state index < -0.39 is 0 Å². The number of amides is 2. The summed E-state index contributed by atoms with van der Waals surface area (Å²) in [6.07, 6.45) is 1.73. The van der Waals surface area contributed by atoms with E-state index in [-0.39, 0.29) is 24.1 Å². The predicted molar refractivity (Wildman–Crippen MR) is 103 cm³/mol. The van der Waals surface area contributed by atoms with E-state index >= 15 is 0 Å². The highest BCUT2D eigenvalue weighted by Gasteiger charge is 2.17. The first-order chi connectivity index (χ1) is 13.5. The number of hydrogen-bond acceptors (Lipinski definition) is 3. The Bertz CT molecular complexity index is 919. The Balaban J connectivity index is 1.75. The van der Waals surface area contributed by atoms with Crippen LogP contribution in [0.1, 0.15) is 27.2 Å². The smallest absolute Gasteiger partial charge is 0.251 e. The molecule has 2 aromatic carbocycles. The molecule has 28 heavy (non-hydrogen) atoms. The van der Waals surface area contributed by atoms with Gasteiger partial charge in [0.05, 0.1) is 19.2 Å². The number of halogens is 1. The fourth-order valence-electron chi connectivity index (χ4n) is 2.84. The summed E-state index contributed by atoms with van der Waals surface area (Å²) in [7, 11) is 1.58. The maximum Gasteiger partial charge on any atom is 0.251 e. The minimum atomic E-state index is -0.333. The van der Waals surface area contributed by atoms with E-state index in [9.17, 15) is 14.0 Å².